The number of fused-ring (bicyclic) bond motifs is 3. The van der Waals surface area contributed by atoms with Crippen LogP contribution in [0.1, 0.15) is 24.3 Å². The van der Waals surface area contributed by atoms with Gasteiger partial charge in [-0.3, -0.25) is 0 Å². The van der Waals surface area contributed by atoms with Gasteiger partial charge in [-0.05, 0) is 42.8 Å². The van der Waals surface area contributed by atoms with Crippen molar-refractivity contribution in [3.8, 4) is 22.9 Å². The Morgan fingerprint density at radius 3 is 2.64 bits per heavy atom. The molecule has 8 heteroatoms. The number of nitrogens with one attached hydrogen (secondary N) is 1. The summed E-state index contributed by atoms with van der Waals surface area (Å²) in [6.45, 7) is 2.52. The Bertz CT molecular complexity index is 1270. The number of rotatable bonds is 6. The highest BCUT2D eigenvalue weighted by atomic mass is 35.5. The van der Waals surface area contributed by atoms with Gasteiger partial charge in [0.25, 0.3) is 0 Å². The van der Waals surface area contributed by atoms with Crippen LogP contribution < -0.4 is 14.8 Å². The van der Waals surface area contributed by atoms with Crippen LogP contribution in [0.2, 0.25) is 5.02 Å². The zero-order valence-electron chi connectivity index (χ0n) is 17.9. The fourth-order valence-corrected chi connectivity index (χ4v) is 4.42. The van der Waals surface area contributed by atoms with E-state index in [9.17, 15) is 0 Å². The Balaban J connectivity index is 1.49. The van der Waals surface area contributed by atoms with E-state index in [4.69, 9.17) is 26.1 Å². The van der Waals surface area contributed by atoms with Gasteiger partial charge in [-0.2, -0.15) is 4.98 Å². The number of thioether (sulfide) groups is 1. The summed E-state index contributed by atoms with van der Waals surface area (Å²) in [4.78, 5) is 4.72. The summed E-state index contributed by atoms with van der Waals surface area (Å²) in [5.74, 6) is 1.89. The summed E-state index contributed by atoms with van der Waals surface area (Å²) in [6, 6.07) is 23.5. The molecule has 3 aromatic carbocycles. The van der Waals surface area contributed by atoms with E-state index in [-0.39, 0.29) is 0 Å². The maximum Gasteiger partial charge on any atom is 0.247 e. The van der Waals surface area contributed by atoms with E-state index in [0.29, 0.717) is 34.1 Å². The van der Waals surface area contributed by atoms with Crippen molar-refractivity contribution in [3.63, 3.8) is 0 Å². The summed E-state index contributed by atoms with van der Waals surface area (Å²) >= 11 is 7.48. The van der Waals surface area contributed by atoms with Crippen LogP contribution in [0.5, 0.6) is 11.6 Å². The standard InChI is InChI=1S/C25H21ClN4O2S/c1-2-31-21-10-6-4-8-19(21)23-27-20-9-5-3-7-18(20)22-24(32-23)28-25(30-29-22)33-15-16-11-13-17(26)14-12-16/h3-14,23,27H,2,15H2,1H3/t23-/m1/s1. The molecular weight excluding hydrogens is 456 g/mol. The van der Waals surface area contributed by atoms with Crippen LogP contribution in [0.3, 0.4) is 0 Å². The number of aromatic nitrogens is 3. The monoisotopic (exact) mass is 476 g/mol. The first kappa shape index (κ1) is 21.6. The molecule has 2 heterocycles. The number of benzene rings is 3. The third kappa shape index (κ3) is 4.74. The van der Waals surface area contributed by atoms with Crippen molar-refractivity contribution in [1.29, 1.82) is 0 Å². The molecule has 1 aliphatic rings. The van der Waals surface area contributed by atoms with E-state index in [1.807, 2.05) is 79.7 Å². The second kappa shape index (κ2) is 9.68. The number of hydrogen-bond acceptors (Lipinski definition) is 7. The second-order valence-electron chi connectivity index (χ2n) is 7.32. The van der Waals surface area contributed by atoms with Crippen LogP contribution >= 0.6 is 23.4 Å². The molecule has 0 saturated carbocycles. The molecule has 0 unspecified atom stereocenters. The summed E-state index contributed by atoms with van der Waals surface area (Å²) < 4.78 is 12.2. The second-order valence-corrected chi connectivity index (χ2v) is 8.70. The molecule has 4 aromatic rings. The third-order valence-corrected chi connectivity index (χ3v) is 6.28. The normalized spacial score (nSPS) is 14.3. The van der Waals surface area contributed by atoms with Crippen LogP contribution in [0.4, 0.5) is 5.69 Å². The van der Waals surface area contributed by atoms with Gasteiger partial charge in [0, 0.05) is 22.0 Å². The van der Waals surface area contributed by atoms with Crippen molar-refractivity contribution in [2.24, 2.45) is 0 Å². The molecular formula is C25H21ClN4O2S. The average Bonchev–Trinajstić information content (AvgIpc) is 3.01. The lowest BCUT2D eigenvalue weighted by Gasteiger charge is -2.21. The van der Waals surface area contributed by atoms with Gasteiger partial charge in [-0.1, -0.05) is 65.8 Å². The minimum absolute atomic E-state index is 0.428. The van der Waals surface area contributed by atoms with Crippen molar-refractivity contribution in [3.05, 3.63) is 88.9 Å². The number of hydrogen-bond donors (Lipinski definition) is 1. The number of nitrogens with zero attached hydrogens (tertiary/aromatic N) is 3. The van der Waals surface area contributed by atoms with Crippen LogP contribution in [0.15, 0.2) is 78.0 Å². The number of anilines is 1. The molecule has 1 aromatic heterocycles. The lowest BCUT2D eigenvalue weighted by Crippen LogP contribution is -2.18. The first-order valence-corrected chi connectivity index (χ1v) is 11.9. The van der Waals surface area contributed by atoms with Gasteiger partial charge in [-0.25, -0.2) is 0 Å². The minimum atomic E-state index is -0.499. The van der Waals surface area contributed by atoms with Gasteiger partial charge < -0.3 is 14.8 Å². The van der Waals surface area contributed by atoms with Gasteiger partial charge in [0.05, 0.1) is 12.2 Å². The maximum atomic E-state index is 6.39. The highest BCUT2D eigenvalue weighted by molar-refractivity contribution is 7.98. The van der Waals surface area contributed by atoms with E-state index < -0.39 is 6.23 Å². The van der Waals surface area contributed by atoms with E-state index >= 15 is 0 Å². The van der Waals surface area contributed by atoms with Crippen molar-refractivity contribution < 1.29 is 9.47 Å². The third-order valence-electron chi connectivity index (χ3n) is 5.12. The first-order valence-electron chi connectivity index (χ1n) is 10.6. The summed E-state index contributed by atoms with van der Waals surface area (Å²) in [6.07, 6.45) is -0.499. The Hall–Kier alpha value is -3.29. The topological polar surface area (TPSA) is 69.2 Å². The minimum Gasteiger partial charge on any atom is -0.493 e. The fraction of sp³-hybridized carbons (Fsp3) is 0.160. The van der Waals surface area contributed by atoms with Gasteiger partial charge in [-0.15, -0.1) is 10.2 Å². The molecule has 33 heavy (non-hydrogen) atoms. The van der Waals surface area contributed by atoms with Crippen LogP contribution in [0.25, 0.3) is 11.3 Å². The Morgan fingerprint density at radius 1 is 1.00 bits per heavy atom. The zero-order chi connectivity index (χ0) is 22.6. The molecule has 0 amide bonds. The summed E-state index contributed by atoms with van der Waals surface area (Å²) in [5.41, 5.74) is 4.39. The molecule has 0 fully saturated rings. The van der Waals surface area contributed by atoms with Crippen LogP contribution in [-0.2, 0) is 5.75 Å². The number of para-hydroxylation sites is 2. The number of halogens is 1. The van der Waals surface area contributed by atoms with Crippen LogP contribution in [0, 0.1) is 0 Å². The smallest absolute Gasteiger partial charge is 0.247 e. The highest BCUT2D eigenvalue weighted by Crippen LogP contribution is 2.41. The Labute approximate surface area is 201 Å². The maximum absolute atomic E-state index is 6.39. The Morgan fingerprint density at radius 2 is 1.79 bits per heavy atom. The van der Waals surface area contributed by atoms with Crippen LogP contribution in [-0.4, -0.2) is 21.8 Å². The largest absolute Gasteiger partial charge is 0.493 e. The molecule has 5 rings (SSSR count). The van der Waals surface area contributed by atoms with Gasteiger partial charge in [0.15, 0.2) is 5.69 Å². The van der Waals surface area contributed by atoms with Gasteiger partial charge in [0.1, 0.15) is 5.75 Å². The highest BCUT2D eigenvalue weighted by Gasteiger charge is 2.27. The molecule has 166 valence electrons. The number of ether oxygens (including phenoxy) is 2. The van der Waals surface area contributed by atoms with Gasteiger partial charge in [0.2, 0.25) is 17.3 Å². The van der Waals surface area contributed by atoms with Crippen molar-refractivity contribution in [1.82, 2.24) is 15.2 Å². The van der Waals surface area contributed by atoms with Crippen molar-refractivity contribution >= 4 is 29.1 Å². The van der Waals surface area contributed by atoms with E-state index in [2.05, 4.69) is 15.5 Å². The summed E-state index contributed by atoms with van der Waals surface area (Å²) in [5, 5.41) is 13.6. The molecule has 0 radical (unpaired) electrons. The van der Waals surface area contributed by atoms with Crippen molar-refractivity contribution in [2.75, 3.05) is 11.9 Å². The summed E-state index contributed by atoms with van der Waals surface area (Å²) in [7, 11) is 0. The zero-order valence-corrected chi connectivity index (χ0v) is 19.4. The molecule has 1 N–H and O–H groups in total. The predicted molar refractivity (Wildman–Crippen MR) is 131 cm³/mol. The quantitative estimate of drug-likeness (QED) is 0.323. The molecule has 1 atom stereocenters. The molecule has 1 aliphatic heterocycles. The average molecular weight is 477 g/mol. The molecule has 0 spiro atoms. The lowest BCUT2D eigenvalue weighted by atomic mass is 10.1. The van der Waals surface area contributed by atoms with E-state index in [1.165, 1.54) is 11.8 Å². The fourth-order valence-electron chi connectivity index (χ4n) is 3.56. The lowest BCUT2D eigenvalue weighted by molar-refractivity contribution is 0.217. The predicted octanol–water partition coefficient (Wildman–Crippen LogP) is 6.39. The van der Waals surface area contributed by atoms with Gasteiger partial charge >= 0.3 is 0 Å². The van der Waals surface area contributed by atoms with E-state index in [1.54, 1.807) is 0 Å². The SMILES string of the molecule is CCOc1ccccc1[C@@H]1Nc2ccccc2-c2nnc(SCc3ccc(Cl)cc3)nc2O1. The van der Waals surface area contributed by atoms with E-state index in [0.717, 1.165) is 28.1 Å². The molecule has 0 bridgehead atoms. The Kier molecular flexibility index (Phi) is 6.32. The molecule has 0 saturated heterocycles. The first-order chi connectivity index (χ1) is 16.2. The van der Waals surface area contributed by atoms with Crippen molar-refractivity contribution in [2.45, 2.75) is 24.1 Å². The molecule has 6 nitrogen and oxygen atoms in total. The molecule has 0 aliphatic carbocycles.